The molecule has 0 radical (unpaired) electrons. The van der Waals surface area contributed by atoms with Gasteiger partial charge in [-0.2, -0.15) is 0 Å². The van der Waals surface area contributed by atoms with Crippen molar-refractivity contribution in [1.29, 1.82) is 0 Å². The van der Waals surface area contributed by atoms with Gasteiger partial charge >= 0.3 is 0 Å². The average Bonchev–Trinajstić information content (AvgIpc) is 3.38. The van der Waals surface area contributed by atoms with Crippen LogP contribution in [0.25, 0.3) is 0 Å². The Morgan fingerprint density at radius 2 is 1.78 bits per heavy atom. The summed E-state index contributed by atoms with van der Waals surface area (Å²) >= 11 is 1.42. The fourth-order valence-electron chi connectivity index (χ4n) is 4.21. The molecule has 4 rings (SSSR count). The summed E-state index contributed by atoms with van der Waals surface area (Å²) in [7, 11) is 0. The van der Waals surface area contributed by atoms with Gasteiger partial charge in [-0.25, -0.2) is 0 Å². The molecule has 1 fully saturated rings. The molecular weight excluding hydrogens is 486 g/mol. The molecular formula is C28H35N5O3S. The van der Waals surface area contributed by atoms with Crippen LogP contribution in [-0.2, 0) is 22.6 Å². The van der Waals surface area contributed by atoms with Crippen LogP contribution in [0.5, 0.6) is 0 Å². The number of anilines is 2. The van der Waals surface area contributed by atoms with Crippen LogP contribution in [0.15, 0.2) is 54.6 Å². The maximum Gasteiger partial charge on any atom is 0.251 e. The van der Waals surface area contributed by atoms with Crippen LogP contribution in [0.1, 0.15) is 54.1 Å². The predicted molar refractivity (Wildman–Crippen MR) is 147 cm³/mol. The van der Waals surface area contributed by atoms with E-state index in [0.29, 0.717) is 42.8 Å². The van der Waals surface area contributed by atoms with E-state index in [4.69, 9.17) is 4.74 Å². The Kier molecular flexibility index (Phi) is 10.0. The first-order chi connectivity index (χ1) is 18.1. The summed E-state index contributed by atoms with van der Waals surface area (Å²) in [6, 6.07) is 17.3. The van der Waals surface area contributed by atoms with E-state index in [2.05, 4.69) is 32.7 Å². The van der Waals surface area contributed by atoms with E-state index < -0.39 is 0 Å². The number of unbranched alkanes of at least 4 members (excludes halogenated alkanes) is 1. The summed E-state index contributed by atoms with van der Waals surface area (Å²) < 4.78 is 5.98. The minimum Gasteiger partial charge on any atom is -0.376 e. The maximum atomic E-state index is 12.3. The highest BCUT2D eigenvalue weighted by molar-refractivity contribution is 7.19. The van der Waals surface area contributed by atoms with E-state index in [-0.39, 0.29) is 11.8 Å². The molecule has 1 aliphatic heterocycles. The Balaban J connectivity index is 1.14. The van der Waals surface area contributed by atoms with Gasteiger partial charge in [0, 0.05) is 31.8 Å². The minimum atomic E-state index is -0.0883. The number of nitrogens with zero attached hydrogens (tertiary/aromatic N) is 3. The second-order valence-corrected chi connectivity index (χ2v) is 10.3. The van der Waals surface area contributed by atoms with Gasteiger partial charge in [-0.15, -0.1) is 10.2 Å². The number of hydrogen-bond acceptors (Lipinski definition) is 7. The van der Waals surface area contributed by atoms with Crippen molar-refractivity contribution in [2.45, 2.75) is 45.6 Å². The summed E-state index contributed by atoms with van der Waals surface area (Å²) in [5, 5.41) is 15.6. The summed E-state index contributed by atoms with van der Waals surface area (Å²) in [4.78, 5) is 26.6. The maximum absolute atomic E-state index is 12.3. The first kappa shape index (κ1) is 26.8. The van der Waals surface area contributed by atoms with Crippen molar-refractivity contribution in [2.75, 3.05) is 36.5 Å². The van der Waals surface area contributed by atoms with Crippen LogP contribution in [0.2, 0.25) is 0 Å². The number of rotatable bonds is 12. The molecule has 2 N–H and O–H groups in total. The number of nitrogens with one attached hydrogen (secondary N) is 2. The van der Waals surface area contributed by atoms with Crippen molar-refractivity contribution in [3.8, 4) is 0 Å². The van der Waals surface area contributed by atoms with Crippen molar-refractivity contribution < 1.29 is 14.3 Å². The van der Waals surface area contributed by atoms with Crippen molar-refractivity contribution in [1.82, 2.24) is 15.5 Å². The van der Waals surface area contributed by atoms with Gasteiger partial charge < -0.3 is 20.3 Å². The zero-order chi connectivity index (χ0) is 25.9. The average molecular weight is 522 g/mol. The summed E-state index contributed by atoms with van der Waals surface area (Å²) in [6.07, 6.45) is 4.41. The summed E-state index contributed by atoms with van der Waals surface area (Å²) in [5.74, 6) is 0.386. The van der Waals surface area contributed by atoms with Crippen LogP contribution in [-0.4, -0.2) is 48.3 Å². The highest BCUT2D eigenvalue weighted by Crippen LogP contribution is 2.28. The number of ether oxygens (including phenoxy) is 1. The van der Waals surface area contributed by atoms with Gasteiger partial charge in [-0.1, -0.05) is 67.1 Å². The molecule has 8 nitrogen and oxygen atoms in total. The molecule has 9 heteroatoms. The van der Waals surface area contributed by atoms with Gasteiger partial charge in [0.05, 0.1) is 13.0 Å². The minimum absolute atomic E-state index is 0.0233. The Hall–Kier alpha value is -3.30. The zero-order valence-corrected chi connectivity index (χ0v) is 22.1. The molecule has 2 amide bonds. The molecule has 2 heterocycles. The van der Waals surface area contributed by atoms with E-state index in [9.17, 15) is 9.59 Å². The van der Waals surface area contributed by atoms with E-state index in [1.54, 1.807) is 0 Å². The number of piperidine rings is 1. The third-order valence-electron chi connectivity index (χ3n) is 6.41. The molecule has 0 spiro atoms. The summed E-state index contributed by atoms with van der Waals surface area (Å²) in [5.41, 5.74) is 2.72. The van der Waals surface area contributed by atoms with E-state index in [0.717, 1.165) is 55.0 Å². The van der Waals surface area contributed by atoms with Crippen molar-refractivity contribution in [3.63, 3.8) is 0 Å². The monoisotopic (exact) mass is 521 g/mol. The number of aromatic nitrogens is 2. The standard InChI is InChI=1S/C28H35N5O3S/c1-2-3-15-29-26(35)24-11-9-22(10-12-24)19-36-20-23-13-16-33(17-14-23)28-32-31-27(37-28)30-25(34)18-21-7-5-4-6-8-21/h4-12,23H,2-3,13-20H2,1H3,(H,29,35)(H,30,31,34). The van der Waals surface area contributed by atoms with Crippen LogP contribution < -0.4 is 15.5 Å². The number of carbonyl (C=O) groups excluding carboxylic acids is 2. The lowest BCUT2D eigenvalue weighted by Gasteiger charge is -2.31. The Bertz CT molecular complexity index is 1130. The van der Waals surface area contributed by atoms with Crippen molar-refractivity contribution >= 4 is 33.4 Å². The highest BCUT2D eigenvalue weighted by atomic mass is 32.1. The largest absolute Gasteiger partial charge is 0.376 e. The first-order valence-electron chi connectivity index (χ1n) is 13.0. The lowest BCUT2D eigenvalue weighted by atomic mass is 9.98. The van der Waals surface area contributed by atoms with Crippen molar-refractivity contribution in [3.05, 3.63) is 71.3 Å². The van der Waals surface area contributed by atoms with Gasteiger partial charge in [0.25, 0.3) is 5.91 Å². The highest BCUT2D eigenvalue weighted by Gasteiger charge is 2.22. The van der Waals surface area contributed by atoms with Gasteiger partial charge in [-0.3, -0.25) is 9.59 Å². The number of amides is 2. The molecule has 1 saturated heterocycles. The molecule has 1 aromatic heterocycles. The predicted octanol–water partition coefficient (Wildman–Crippen LogP) is 4.68. The van der Waals surface area contributed by atoms with Crippen LogP contribution in [0.3, 0.4) is 0 Å². The summed E-state index contributed by atoms with van der Waals surface area (Å²) in [6.45, 7) is 5.86. The Morgan fingerprint density at radius 1 is 1.03 bits per heavy atom. The fraction of sp³-hybridized carbons (Fsp3) is 0.429. The van der Waals surface area contributed by atoms with Gasteiger partial charge in [0.2, 0.25) is 16.2 Å². The molecule has 0 saturated carbocycles. The molecule has 0 atom stereocenters. The second-order valence-electron chi connectivity index (χ2n) is 9.35. The number of hydrogen-bond donors (Lipinski definition) is 2. The third kappa shape index (κ3) is 8.36. The lowest BCUT2D eigenvalue weighted by molar-refractivity contribution is -0.115. The molecule has 3 aromatic rings. The van der Waals surface area contributed by atoms with Crippen LogP contribution in [0, 0.1) is 5.92 Å². The number of carbonyl (C=O) groups is 2. The third-order valence-corrected chi connectivity index (χ3v) is 7.31. The smallest absolute Gasteiger partial charge is 0.251 e. The molecule has 2 aromatic carbocycles. The molecule has 0 unspecified atom stereocenters. The molecule has 0 aliphatic carbocycles. The van der Waals surface area contributed by atoms with Gasteiger partial charge in [0.1, 0.15) is 0 Å². The van der Waals surface area contributed by atoms with Gasteiger partial charge in [-0.05, 0) is 48.4 Å². The number of benzene rings is 2. The van der Waals surface area contributed by atoms with E-state index in [1.807, 2.05) is 54.6 Å². The van der Waals surface area contributed by atoms with E-state index >= 15 is 0 Å². The fourth-order valence-corrected chi connectivity index (χ4v) is 5.02. The van der Waals surface area contributed by atoms with E-state index in [1.165, 1.54) is 11.3 Å². The molecule has 0 bridgehead atoms. The quantitative estimate of drug-likeness (QED) is 0.336. The SMILES string of the molecule is CCCCNC(=O)c1ccc(COCC2CCN(c3nnc(NC(=O)Cc4ccccc4)s3)CC2)cc1. The van der Waals surface area contributed by atoms with Crippen LogP contribution in [0.4, 0.5) is 10.3 Å². The molecule has 1 aliphatic rings. The Labute approximate surface area is 222 Å². The Morgan fingerprint density at radius 3 is 2.51 bits per heavy atom. The molecule has 196 valence electrons. The first-order valence-corrected chi connectivity index (χ1v) is 13.8. The second kappa shape index (κ2) is 13.9. The molecule has 37 heavy (non-hydrogen) atoms. The van der Waals surface area contributed by atoms with Crippen LogP contribution >= 0.6 is 11.3 Å². The zero-order valence-electron chi connectivity index (χ0n) is 21.3. The van der Waals surface area contributed by atoms with Crippen molar-refractivity contribution in [2.24, 2.45) is 5.92 Å². The lowest BCUT2D eigenvalue weighted by Crippen LogP contribution is -2.35. The van der Waals surface area contributed by atoms with Gasteiger partial charge in [0.15, 0.2) is 0 Å². The topological polar surface area (TPSA) is 96.4 Å². The normalized spacial score (nSPS) is 13.9.